The molecule has 0 heterocycles. The van der Waals surface area contributed by atoms with Gasteiger partial charge in [0.15, 0.2) is 0 Å². The smallest absolute Gasteiger partial charge is 0.269 e. The standard InChI is InChI=1S/C12H10N2O3/c15-12-3-1-2-10(8-12)13-9-4-6-11(7-5-9)14(16)17/h1-8,13,15H. The van der Waals surface area contributed by atoms with E-state index in [1.54, 1.807) is 36.4 Å². The number of hydrogen-bond donors (Lipinski definition) is 2. The Bertz CT molecular complexity index is 538. The highest BCUT2D eigenvalue weighted by Crippen LogP contribution is 2.22. The van der Waals surface area contributed by atoms with Gasteiger partial charge in [0.25, 0.3) is 5.69 Å². The molecule has 2 N–H and O–H groups in total. The molecule has 0 amide bonds. The van der Waals surface area contributed by atoms with Gasteiger partial charge in [0.2, 0.25) is 0 Å². The molecule has 0 saturated heterocycles. The first-order chi connectivity index (χ1) is 8.15. The van der Waals surface area contributed by atoms with E-state index in [4.69, 9.17) is 0 Å². The molecule has 0 radical (unpaired) electrons. The van der Waals surface area contributed by atoms with Crippen molar-refractivity contribution in [2.75, 3.05) is 5.32 Å². The van der Waals surface area contributed by atoms with Crippen molar-refractivity contribution in [3.63, 3.8) is 0 Å². The fourth-order valence-electron chi connectivity index (χ4n) is 1.42. The van der Waals surface area contributed by atoms with Crippen LogP contribution < -0.4 is 5.32 Å². The van der Waals surface area contributed by atoms with Crippen LogP contribution in [0.15, 0.2) is 48.5 Å². The van der Waals surface area contributed by atoms with Crippen molar-refractivity contribution in [2.45, 2.75) is 0 Å². The maximum Gasteiger partial charge on any atom is 0.269 e. The number of anilines is 2. The minimum absolute atomic E-state index is 0.0476. The van der Waals surface area contributed by atoms with Crippen LogP contribution in [0.1, 0.15) is 0 Å². The predicted molar refractivity (Wildman–Crippen MR) is 64.5 cm³/mol. The number of nitrogens with one attached hydrogen (secondary N) is 1. The van der Waals surface area contributed by atoms with Crippen LogP contribution in [0, 0.1) is 10.1 Å². The second-order valence-electron chi connectivity index (χ2n) is 3.48. The van der Waals surface area contributed by atoms with Crippen molar-refractivity contribution in [2.24, 2.45) is 0 Å². The molecule has 86 valence electrons. The van der Waals surface area contributed by atoms with Gasteiger partial charge in [-0.1, -0.05) is 6.07 Å². The quantitative estimate of drug-likeness (QED) is 0.627. The van der Waals surface area contributed by atoms with Gasteiger partial charge in [-0.2, -0.15) is 0 Å². The summed E-state index contributed by atoms with van der Waals surface area (Å²) in [6.45, 7) is 0. The fraction of sp³-hybridized carbons (Fsp3) is 0. The summed E-state index contributed by atoms with van der Waals surface area (Å²) in [6, 6.07) is 12.7. The minimum atomic E-state index is -0.446. The lowest BCUT2D eigenvalue weighted by molar-refractivity contribution is -0.384. The number of hydrogen-bond acceptors (Lipinski definition) is 4. The number of nitro benzene ring substituents is 1. The number of benzene rings is 2. The van der Waals surface area contributed by atoms with Gasteiger partial charge in [-0.3, -0.25) is 10.1 Å². The predicted octanol–water partition coefficient (Wildman–Crippen LogP) is 3.04. The summed E-state index contributed by atoms with van der Waals surface area (Å²) in [4.78, 5) is 10.0. The van der Waals surface area contributed by atoms with Crippen molar-refractivity contribution in [1.29, 1.82) is 0 Å². The average molecular weight is 230 g/mol. The van der Waals surface area contributed by atoms with E-state index in [1.807, 2.05) is 0 Å². The van der Waals surface area contributed by atoms with Gasteiger partial charge in [0, 0.05) is 29.6 Å². The summed E-state index contributed by atoms with van der Waals surface area (Å²) in [6.07, 6.45) is 0. The van der Waals surface area contributed by atoms with Gasteiger partial charge < -0.3 is 10.4 Å². The molecule has 0 aliphatic carbocycles. The molecule has 5 nitrogen and oxygen atoms in total. The maximum atomic E-state index is 10.5. The largest absolute Gasteiger partial charge is 0.508 e. The van der Waals surface area contributed by atoms with E-state index in [0.717, 1.165) is 11.4 Å². The lowest BCUT2D eigenvalue weighted by Crippen LogP contribution is -1.91. The molecule has 0 spiro atoms. The average Bonchev–Trinajstić information content (AvgIpc) is 2.29. The highest BCUT2D eigenvalue weighted by Gasteiger charge is 2.03. The number of non-ortho nitro benzene ring substituents is 1. The molecule has 0 unspecified atom stereocenters. The first-order valence-electron chi connectivity index (χ1n) is 4.96. The molecule has 5 heteroatoms. The molecule has 2 aromatic carbocycles. The maximum absolute atomic E-state index is 10.5. The summed E-state index contributed by atoms with van der Waals surface area (Å²) in [5.74, 6) is 0.164. The molecule has 0 saturated carbocycles. The monoisotopic (exact) mass is 230 g/mol. The first kappa shape index (κ1) is 10.9. The third-order valence-corrected chi connectivity index (χ3v) is 2.21. The Kier molecular flexibility index (Phi) is 2.91. The van der Waals surface area contributed by atoms with Crippen LogP contribution in [0.3, 0.4) is 0 Å². The van der Waals surface area contributed by atoms with Gasteiger partial charge in [0.05, 0.1) is 4.92 Å². The number of nitro groups is 1. The Labute approximate surface area is 97.5 Å². The summed E-state index contributed by atoms with van der Waals surface area (Å²) in [7, 11) is 0. The number of phenols is 1. The normalized spacial score (nSPS) is 9.88. The highest BCUT2D eigenvalue weighted by molar-refractivity contribution is 5.62. The molecule has 0 bridgehead atoms. The van der Waals surface area contributed by atoms with Crippen molar-refractivity contribution in [3.8, 4) is 5.75 Å². The minimum Gasteiger partial charge on any atom is -0.508 e. The van der Waals surface area contributed by atoms with E-state index in [2.05, 4.69) is 5.32 Å². The van der Waals surface area contributed by atoms with E-state index in [1.165, 1.54) is 12.1 Å². The van der Waals surface area contributed by atoms with E-state index in [-0.39, 0.29) is 11.4 Å². The second-order valence-corrected chi connectivity index (χ2v) is 3.48. The number of rotatable bonds is 3. The fourth-order valence-corrected chi connectivity index (χ4v) is 1.42. The van der Waals surface area contributed by atoms with Crippen molar-refractivity contribution < 1.29 is 10.0 Å². The molecule has 2 aromatic rings. The van der Waals surface area contributed by atoms with Crippen LogP contribution in [-0.2, 0) is 0 Å². The Morgan fingerprint density at radius 2 is 1.76 bits per heavy atom. The third-order valence-electron chi connectivity index (χ3n) is 2.21. The number of phenolic OH excluding ortho intramolecular Hbond substituents is 1. The molecule has 0 aromatic heterocycles. The molecular formula is C12H10N2O3. The Hall–Kier alpha value is -2.56. The molecular weight excluding hydrogens is 220 g/mol. The van der Waals surface area contributed by atoms with Crippen LogP contribution in [0.25, 0.3) is 0 Å². The Balaban J connectivity index is 2.16. The zero-order chi connectivity index (χ0) is 12.3. The van der Waals surface area contributed by atoms with Crippen molar-refractivity contribution in [1.82, 2.24) is 0 Å². The van der Waals surface area contributed by atoms with Gasteiger partial charge >= 0.3 is 0 Å². The van der Waals surface area contributed by atoms with E-state index in [9.17, 15) is 15.2 Å². The molecule has 0 aliphatic heterocycles. The van der Waals surface area contributed by atoms with Crippen LogP contribution in [0.2, 0.25) is 0 Å². The van der Waals surface area contributed by atoms with Crippen molar-refractivity contribution >= 4 is 17.1 Å². The zero-order valence-electron chi connectivity index (χ0n) is 8.83. The number of nitrogens with zero attached hydrogens (tertiary/aromatic N) is 1. The lowest BCUT2D eigenvalue weighted by atomic mass is 10.2. The van der Waals surface area contributed by atoms with Crippen LogP contribution in [0.4, 0.5) is 17.1 Å². The molecule has 17 heavy (non-hydrogen) atoms. The van der Waals surface area contributed by atoms with Crippen LogP contribution in [-0.4, -0.2) is 10.0 Å². The van der Waals surface area contributed by atoms with E-state index < -0.39 is 4.92 Å². The van der Waals surface area contributed by atoms with Gasteiger partial charge in [-0.05, 0) is 24.3 Å². The Morgan fingerprint density at radius 3 is 2.35 bits per heavy atom. The molecule has 0 aliphatic rings. The molecule has 0 fully saturated rings. The van der Waals surface area contributed by atoms with Crippen molar-refractivity contribution in [3.05, 3.63) is 58.6 Å². The second kappa shape index (κ2) is 4.52. The molecule has 0 atom stereocenters. The lowest BCUT2D eigenvalue weighted by Gasteiger charge is -2.06. The highest BCUT2D eigenvalue weighted by atomic mass is 16.6. The third kappa shape index (κ3) is 2.72. The van der Waals surface area contributed by atoms with E-state index >= 15 is 0 Å². The van der Waals surface area contributed by atoms with Gasteiger partial charge in [-0.25, -0.2) is 0 Å². The summed E-state index contributed by atoms with van der Waals surface area (Å²) < 4.78 is 0. The topological polar surface area (TPSA) is 75.4 Å². The van der Waals surface area contributed by atoms with Gasteiger partial charge in [0.1, 0.15) is 5.75 Å². The summed E-state index contributed by atoms with van der Waals surface area (Å²) >= 11 is 0. The number of aromatic hydroxyl groups is 1. The summed E-state index contributed by atoms with van der Waals surface area (Å²) in [5, 5.41) is 22.8. The first-order valence-corrected chi connectivity index (χ1v) is 4.96. The Morgan fingerprint density at radius 1 is 1.06 bits per heavy atom. The van der Waals surface area contributed by atoms with Crippen LogP contribution >= 0.6 is 0 Å². The van der Waals surface area contributed by atoms with Crippen LogP contribution in [0.5, 0.6) is 5.75 Å². The summed E-state index contributed by atoms with van der Waals surface area (Å²) in [5.41, 5.74) is 1.49. The van der Waals surface area contributed by atoms with Gasteiger partial charge in [-0.15, -0.1) is 0 Å². The SMILES string of the molecule is O=[N+]([O-])c1ccc(Nc2cccc(O)c2)cc1. The molecule has 2 rings (SSSR count). The van der Waals surface area contributed by atoms with E-state index in [0.29, 0.717) is 0 Å². The zero-order valence-corrected chi connectivity index (χ0v) is 8.83.